The van der Waals surface area contributed by atoms with E-state index in [0.29, 0.717) is 27.6 Å². The average molecular weight is 502 g/mol. The van der Waals surface area contributed by atoms with Gasteiger partial charge in [-0.1, -0.05) is 49.3 Å². The number of nitrogens with one attached hydrogen (secondary N) is 1. The minimum absolute atomic E-state index is 0.170. The second-order valence-corrected chi connectivity index (χ2v) is 9.02. The van der Waals surface area contributed by atoms with Gasteiger partial charge in [0, 0.05) is 0 Å². The summed E-state index contributed by atoms with van der Waals surface area (Å²) < 4.78 is 12.7. The van der Waals surface area contributed by atoms with E-state index in [4.69, 9.17) is 15.2 Å². The Balaban J connectivity index is 1.87. The van der Waals surface area contributed by atoms with E-state index in [-0.39, 0.29) is 11.7 Å². The number of thioether (sulfide) groups is 1. The topological polar surface area (TPSA) is 112 Å². The van der Waals surface area contributed by atoms with Gasteiger partial charge in [0.05, 0.1) is 30.2 Å². The number of carbonyl (C=O) groups excluding carboxylic acids is 1. The number of aromatic nitrogens is 2. The molecule has 158 valence electrons. The quantitative estimate of drug-likeness (QED) is 0.195. The molecule has 0 spiro atoms. The van der Waals surface area contributed by atoms with E-state index in [1.807, 2.05) is 6.07 Å². The number of nitrogens with zero attached hydrogens (tertiary/aromatic N) is 3. The molecule has 3 N–H and O–H groups in total. The van der Waals surface area contributed by atoms with Crippen molar-refractivity contribution in [2.45, 2.75) is 36.9 Å². The molecule has 2 rings (SSSR count). The largest absolute Gasteiger partial charge is 0.493 e. The highest BCUT2D eigenvalue weighted by molar-refractivity contribution is 9.10. The summed E-state index contributed by atoms with van der Waals surface area (Å²) in [5.74, 6) is 1.19. The molecule has 1 heterocycles. The summed E-state index contributed by atoms with van der Waals surface area (Å²) in [5.41, 5.74) is 8.75. The van der Waals surface area contributed by atoms with Crippen LogP contribution in [0, 0.1) is 0 Å². The van der Waals surface area contributed by atoms with Crippen LogP contribution >= 0.6 is 39.0 Å². The summed E-state index contributed by atoms with van der Waals surface area (Å²) in [5, 5.41) is 11.9. The molecule has 0 radical (unpaired) electrons. The number of nitrogen functional groups attached to an aromatic ring is 1. The smallest absolute Gasteiger partial charge is 0.250 e. The van der Waals surface area contributed by atoms with Gasteiger partial charge in [-0.3, -0.25) is 4.79 Å². The van der Waals surface area contributed by atoms with E-state index in [1.165, 1.54) is 35.9 Å². The van der Waals surface area contributed by atoms with Crippen LogP contribution in [0.4, 0.5) is 5.13 Å². The maximum absolute atomic E-state index is 11.9. The molecule has 29 heavy (non-hydrogen) atoms. The molecule has 11 heteroatoms. The monoisotopic (exact) mass is 501 g/mol. The number of amides is 1. The van der Waals surface area contributed by atoms with Crippen LogP contribution in [-0.4, -0.2) is 41.8 Å². The van der Waals surface area contributed by atoms with E-state index in [0.717, 1.165) is 22.9 Å². The second-order valence-electron chi connectivity index (χ2n) is 5.93. The summed E-state index contributed by atoms with van der Waals surface area (Å²) in [6, 6.07) is 3.67. The summed E-state index contributed by atoms with van der Waals surface area (Å²) in [4.78, 5) is 11.9. The van der Waals surface area contributed by atoms with Crippen LogP contribution in [0.15, 0.2) is 26.0 Å². The molecule has 0 unspecified atom stereocenters. The van der Waals surface area contributed by atoms with Crippen molar-refractivity contribution in [2.24, 2.45) is 5.10 Å². The molecule has 1 amide bonds. The normalized spacial score (nSPS) is 11.0. The van der Waals surface area contributed by atoms with Crippen LogP contribution in [0.5, 0.6) is 11.5 Å². The zero-order valence-corrected chi connectivity index (χ0v) is 19.5. The molecule has 1 aromatic carbocycles. The molecule has 0 aliphatic heterocycles. The molecule has 0 aliphatic carbocycles. The summed E-state index contributed by atoms with van der Waals surface area (Å²) in [6.45, 7) is 2.81. The number of ether oxygens (including phenoxy) is 2. The Morgan fingerprint density at radius 3 is 2.90 bits per heavy atom. The number of hydrazone groups is 1. The summed E-state index contributed by atoms with van der Waals surface area (Å²) in [7, 11) is 1.59. The van der Waals surface area contributed by atoms with Crippen LogP contribution in [0.25, 0.3) is 0 Å². The van der Waals surface area contributed by atoms with E-state index in [1.54, 1.807) is 19.4 Å². The average Bonchev–Trinajstić information content (AvgIpc) is 3.12. The number of nitrogens with two attached hydrogens (primary N) is 1. The maximum Gasteiger partial charge on any atom is 0.250 e. The van der Waals surface area contributed by atoms with Gasteiger partial charge in [-0.25, -0.2) is 5.43 Å². The lowest BCUT2D eigenvalue weighted by molar-refractivity contribution is -0.118. The molecule has 8 nitrogen and oxygen atoms in total. The zero-order valence-electron chi connectivity index (χ0n) is 16.3. The van der Waals surface area contributed by atoms with Gasteiger partial charge in [-0.05, 0) is 40.0 Å². The third-order valence-corrected chi connectivity index (χ3v) is 6.12. The molecule has 0 aliphatic rings. The lowest BCUT2D eigenvalue weighted by Gasteiger charge is -2.13. The second kappa shape index (κ2) is 12.7. The predicted octanol–water partition coefficient (Wildman–Crippen LogP) is 4.09. The highest BCUT2D eigenvalue weighted by Gasteiger charge is 2.11. The molecular weight excluding hydrogens is 478 g/mol. The number of methoxy groups -OCH3 is 1. The zero-order chi connectivity index (χ0) is 21.1. The first-order chi connectivity index (χ1) is 14.0. The van der Waals surface area contributed by atoms with Crippen molar-refractivity contribution < 1.29 is 14.3 Å². The Kier molecular flexibility index (Phi) is 10.2. The Labute approximate surface area is 186 Å². The maximum atomic E-state index is 11.9. The van der Waals surface area contributed by atoms with Gasteiger partial charge in [0.15, 0.2) is 15.8 Å². The first-order valence-electron chi connectivity index (χ1n) is 9.07. The van der Waals surface area contributed by atoms with Gasteiger partial charge < -0.3 is 15.2 Å². The number of carbonyl (C=O) groups is 1. The van der Waals surface area contributed by atoms with Crippen LogP contribution < -0.4 is 20.6 Å². The number of hydrogen-bond acceptors (Lipinski definition) is 9. The van der Waals surface area contributed by atoms with Crippen molar-refractivity contribution in [1.82, 2.24) is 15.6 Å². The lowest BCUT2D eigenvalue weighted by Crippen LogP contribution is -2.19. The predicted molar refractivity (Wildman–Crippen MR) is 121 cm³/mol. The molecule has 0 saturated carbocycles. The van der Waals surface area contributed by atoms with Crippen LogP contribution in [-0.2, 0) is 4.79 Å². The van der Waals surface area contributed by atoms with E-state index in [9.17, 15) is 4.79 Å². The third kappa shape index (κ3) is 8.19. The van der Waals surface area contributed by atoms with Crippen molar-refractivity contribution in [1.29, 1.82) is 0 Å². The molecule has 0 saturated heterocycles. The Morgan fingerprint density at radius 2 is 2.21 bits per heavy atom. The Hall–Kier alpha value is -1.85. The van der Waals surface area contributed by atoms with Crippen LogP contribution in [0.3, 0.4) is 0 Å². The van der Waals surface area contributed by atoms with Gasteiger partial charge in [0.1, 0.15) is 0 Å². The number of anilines is 1. The van der Waals surface area contributed by atoms with E-state index >= 15 is 0 Å². The summed E-state index contributed by atoms with van der Waals surface area (Å²) >= 11 is 6.01. The van der Waals surface area contributed by atoms with Crippen molar-refractivity contribution >= 4 is 56.3 Å². The number of benzene rings is 1. The van der Waals surface area contributed by atoms with Gasteiger partial charge in [0.25, 0.3) is 5.91 Å². The molecule has 0 bridgehead atoms. The van der Waals surface area contributed by atoms with Gasteiger partial charge >= 0.3 is 0 Å². The lowest BCUT2D eigenvalue weighted by atomic mass is 10.2. The minimum atomic E-state index is -0.252. The van der Waals surface area contributed by atoms with Crippen molar-refractivity contribution in [3.05, 3.63) is 22.2 Å². The summed E-state index contributed by atoms with van der Waals surface area (Å²) in [6.07, 6.45) is 6.08. The molecule has 0 fully saturated rings. The Morgan fingerprint density at radius 1 is 1.38 bits per heavy atom. The fraction of sp³-hybridized carbons (Fsp3) is 0.444. The van der Waals surface area contributed by atoms with Gasteiger partial charge in [-0.15, -0.1) is 10.2 Å². The molecule has 1 aromatic heterocycles. The molecule has 0 atom stereocenters. The van der Waals surface area contributed by atoms with Gasteiger partial charge in [-0.2, -0.15) is 5.10 Å². The van der Waals surface area contributed by atoms with Gasteiger partial charge in [0.2, 0.25) is 5.13 Å². The van der Waals surface area contributed by atoms with Crippen molar-refractivity contribution in [3.63, 3.8) is 0 Å². The van der Waals surface area contributed by atoms with E-state index in [2.05, 4.69) is 43.6 Å². The first kappa shape index (κ1) is 23.4. The Bertz CT molecular complexity index is 832. The molecular formula is C18H24BrN5O3S2. The van der Waals surface area contributed by atoms with Crippen molar-refractivity contribution in [3.8, 4) is 11.5 Å². The standard InChI is InChI=1S/C18H24BrN5O3S2/c1-3-4-5-6-7-27-16-13(19)8-12(9-14(16)26-2)10-21-22-15(25)11-28-18-24-23-17(20)29-18/h8-10H,3-7,11H2,1-2H3,(H2,20,23)(H,22,25). The highest BCUT2D eigenvalue weighted by atomic mass is 79.9. The number of halogens is 1. The number of unbranched alkanes of at least 4 members (excludes halogenated alkanes) is 3. The minimum Gasteiger partial charge on any atom is -0.493 e. The third-order valence-electron chi connectivity index (χ3n) is 3.65. The fourth-order valence-corrected chi connectivity index (χ4v) is 4.28. The number of hydrogen-bond donors (Lipinski definition) is 2. The van der Waals surface area contributed by atoms with Crippen LogP contribution in [0.2, 0.25) is 0 Å². The fourth-order valence-electron chi connectivity index (χ4n) is 2.27. The first-order valence-corrected chi connectivity index (χ1v) is 11.7. The van der Waals surface area contributed by atoms with Crippen LogP contribution in [0.1, 0.15) is 38.2 Å². The number of rotatable bonds is 12. The van der Waals surface area contributed by atoms with E-state index < -0.39 is 0 Å². The highest BCUT2D eigenvalue weighted by Crippen LogP contribution is 2.36. The molecule has 2 aromatic rings. The SMILES string of the molecule is CCCCCCOc1c(Br)cc(C=NNC(=O)CSc2nnc(N)s2)cc1OC. The van der Waals surface area contributed by atoms with Crippen molar-refractivity contribution in [2.75, 3.05) is 25.2 Å².